The number of rotatable bonds is 3. The second-order valence-electron chi connectivity index (χ2n) is 4.10. The van der Waals surface area contributed by atoms with Crippen molar-refractivity contribution < 1.29 is 4.74 Å². The number of benzene rings is 1. The van der Waals surface area contributed by atoms with Crippen molar-refractivity contribution in [3.8, 4) is 5.88 Å². The molecule has 0 bridgehead atoms. The molecule has 0 fully saturated rings. The largest absolute Gasteiger partial charge is 0.471 e. The van der Waals surface area contributed by atoms with E-state index < -0.39 is 0 Å². The van der Waals surface area contributed by atoms with Crippen molar-refractivity contribution in [2.45, 2.75) is 6.61 Å². The highest BCUT2D eigenvalue weighted by atomic mass is 35.5. The summed E-state index contributed by atoms with van der Waals surface area (Å²) in [6, 6.07) is 9.85. The third kappa shape index (κ3) is 2.37. The minimum atomic E-state index is 0.152. The first-order valence-corrected chi connectivity index (χ1v) is 6.13. The van der Waals surface area contributed by atoms with Gasteiger partial charge >= 0.3 is 0 Å². The van der Waals surface area contributed by atoms with Crippen LogP contribution < -0.4 is 4.74 Å². The second kappa shape index (κ2) is 4.85. The minimum absolute atomic E-state index is 0.152. The predicted octanol–water partition coefficient (Wildman–Crippen LogP) is 2.60. The lowest BCUT2D eigenvalue weighted by Crippen LogP contribution is -2.00. The molecule has 0 atom stereocenters. The molecule has 6 heteroatoms. The number of hydrogen-bond donors (Lipinski definition) is 0. The Labute approximate surface area is 114 Å². The van der Waals surface area contributed by atoms with E-state index in [1.807, 2.05) is 37.4 Å². The Morgan fingerprint density at radius 1 is 1.21 bits per heavy atom. The fraction of sp³-hybridized carbons (Fsp3) is 0.154. The van der Waals surface area contributed by atoms with Gasteiger partial charge in [0.2, 0.25) is 11.2 Å². The number of aryl methyl sites for hydroxylation is 1. The number of aromatic nitrogens is 4. The van der Waals surface area contributed by atoms with Crippen LogP contribution in [-0.4, -0.2) is 19.5 Å². The molecular weight excluding hydrogens is 264 g/mol. The summed E-state index contributed by atoms with van der Waals surface area (Å²) in [5, 5.41) is 0.152. The van der Waals surface area contributed by atoms with Crippen LogP contribution >= 0.6 is 11.6 Å². The van der Waals surface area contributed by atoms with Crippen LogP contribution in [0.1, 0.15) is 5.56 Å². The molecule has 0 aliphatic heterocycles. The van der Waals surface area contributed by atoms with Gasteiger partial charge in [-0.1, -0.05) is 30.3 Å². The Balaban J connectivity index is 1.92. The lowest BCUT2D eigenvalue weighted by Gasteiger charge is -2.06. The SMILES string of the molecule is Cn1cnc2c(OCc3ccccc3)nc(Cl)nc21. The van der Waals surface area contributed by atoms with Gasteiger partial charge in [0.1, 0.15) is 6.61 Å². The highest BCUT2D eigenvalue weighted by Gasteiger charge is 2.12. The topological polar surface area (TPSA) is 52.8 Å². The molecule has 0 saturated carbocycles. The number of hydrogen-bond acceptors (Lipinski definition) is 4. The van der Waals surface area contributed by atoms with Crippen LogP contribution in [0.3, 0.4) is 0 Å². The van der Waals surface area contributed by atoms with Crippen LogP contribution in [-0.2, 0) is 13.7 Å². The lowest BCUT2D eigenvalue weighted by molar-refractivity contribution is 0.297. The summed E-state index contributed by atoms with van der Waals surface area (Å²) >= 11 is 5.89. The Hall–Kier alpha value is -2.14. The van der Waals surface area contributed by atoms with Crippen LogP contribution in [0.2, 0.25) is 5.28 Å². The van der Waals surface area contributed by atoms with Crippen LogP contribution in [0.4, 0.5) is 0 Å². The standard InChI is InChI=1S/C13H11ClN4O/c1-18-8-15-10-11(18)16-13(14)17-12(10)19-7-9-5-3-2-4-6-9/h2-6,8H,7H2,1H3. The van der Waals surface area contributed by atoms with Crippen molar-refractivity contribution in [1.82, 2.24) is 19.5 Å². The molecule has 0 amide bonds. The van der Waals surface area contributed by atoms with Crippen molar-refractivity contribution in [3.63, 3.8) is 0 Å². The second-order valence-corrected chi connectivity index (χ2v) is 4.44. The summed E-state index contributed by atoms with van der Waals surface area (Å²) in [4.78, 5) is 12.4. The maximum Gasteiger partial charge on any atom is 0.247 e. The van der Waals surface area contributed by atoms with Crippen molar-refractivity contribution in [2.24, 2.45) is 7.05 Å². The maximum absolute atomic E-state index is 5.89. The van der Waals surface area contributed by atoms with Crippen LogP contribution in [0.15, 0.2) is 36.7 Å². The Morgan fingerprint density at radius 2 is 2.00 bits per heavy atom. The van der Waals surface area contributed by atoms with Crippen molar-refractivity contribution >= 4 is 22.8 Å². The highest BCUT2D eigenvalue weighted by Crippen LogP contribution is 2.22. The van der Waals surface area contributed by atoms with E-state index in [2.05, 4.69) is 15.0 Å². The van der Waals surface area contributed by atoms with Crippen LogP contribution in [0, 0.1) is 0 Å². The predicted molar refractivity (Wildman–Crippen MR) is 72.1 cm³/mol. The number of nitrogens with zero attached hydrogens (tertiary/aromatic N) is 4. The Bertz CT molecular complexity index is 711. The van der Waals surface area contributed by atoms with Gasteiger partial charge in [0, 0.05) is 7.05 Å². The number of ether oxygens (including phenoxy) is 1. The molecule has 0 unspecified atom stereocenters. The van der Waals surface area contributed by atoms with Gasteiger partial charge in [0.05, 0.1) is 6.33 Å². The summed E-state index contributed by atoms with van der Waals surface area (Å²) in [5.74, 6) is 0.402. The first-order valence-electron chi connectivity index (χ1n) is 5.75. The molecule has 0 radical (unpaired) electrons. The molecule has 2 heterocycles. The summed E-state index contributed by atoms with van der Waals surface area (Å²) in [5.41, 5.74) is 2.33. The summed E-state index contributed by atoms with van der Waals surface area (Å²) < 4.78 is 7.46. The summed E-state index contributed by atoms with van der Waals surface area (Å²) in [7, 11) is 1.85. The average molecular weight is 275 g/mol. The van der Waals surface area contributed by atoms with Gasteiger partial charge in [-0.05, 0) is 17.2 Å². The molecule has 0 aliphatic rings. The van der Waals surface area contributed by atoms with E-state index in [4.69, 9.17) is 16.3 Å². The van der Waals surface area contributed by atoms with E-state index >= 15 is 0 Å². The van der Waals surface area contributed by atoms with E-state index in [1.165, 1.54) is 0 Å². The number of halogens is 1. The molecule has 0 saturated heterocycles. The van der Waals surface area contributed by atoms with E-state index in [1.54, 1.807) is 10.9 Å². The molecule has 0 spiro atoms. The van der Waals surface area contributed by atoms with Crippen molar-refractivity contribution in [1.29, 1.82) is 0 Å². The molecule has 2 aromatic heterocycles. The van der Waals surface area contributed by atoms with Gasteiger partial charge in [0.15, 0.2) is 11.2 Å². The van der Waals surface area contributed by atoms with Gasteiger partial charge in [-0.15, -0.1) is 0 Å². The third-order valence-electron chi connectivity index (χ3n) is 2.72. The van der Waals surface area contributed by atoms with Crippen molar-refractivity contribution in [3.05, 3.63) is 47.5 Å². The van der Waals surface area contributed by atoms with E-state index in [9.17, 15) is 0 Å². The average Bonchev–Trinajstić information content (AvgIpc) is 2.79. The van der Waals surface area contributed by atoms with Gasteiger partial charge in [-0.3, -0.25) is 0 Å². The quantitative estimate of drug-likeness (QED) is 0.689. The molecule has 0 N–H and O–H groups in total. The molecule has 19 heavy (non-hydrogen) atoms. The van der Waals surface area contributed by atoms with Crippen molar-refractivity contribution in [2.75, 3.05) is 0 Å². The van der Waals surface area contributed by atoms with Gasteiger partial charge in [0.25, 0.3) is 0 Å². The van der Waals surface area contributed by atoms with Gasteiger partial charge in [-0.25, -0.2) is 4.98 Å². The first-order chi connectivity index (χ1) is 9.24. The maximum atomic E-state index is 5.89. The lowest BCUT2D eigenvalue weighted by atomic mass is 10.2. The molecule has 1 aromatic carbocycles. The molecular formula is C13H11ClN4O. The smallest absolute Gasteiger partial charge is 0.247 e. The van der Waals surface area contributed by atoms with Gasteiger partial charge < -0.3 is 9.30 Å². The normalized spacial score (nSPS) is 10.8. The van der Waals surface area contributed by atoms with E-state index in [-0.39, 0.29) is 5.28 Å². The third-order valence-corrected chi connectivity index (χ3v) is 2.89. The zero-order chi connectivity index (χ0) is 13.2. The molecule has 5 nitrogen and oxygen atoms in total. The molecule has 96 valence electrons. The molecule has 0 aliphatic carbocycles. The molecule has 3 aromatic rings. The highest BCUT2D eigenvalue weighted by molar-refractivity contribution is 6.28. The Morgan fingerprint density at radius 3 is 2.79 bits per heavy atom. The zero-order valence-electron chi connectivity index (χ0n) is 10.2. The zero-order valence-corrected chi connectivity index (χ0v) is 11.0. The monoisotopic (exact) mass is 274 g/mol. The number of imidazole rings is 1. The Kier molecular flexibility index (Phi) is 3.05. The van der Waals surface area contributed by atoms with E-state index in [0.717, 1.165) is 5.56 Å². The molecule has 3 rings (SSSR count). The fourth-order valence-electron chi connectivity index (χ4n) is 1.78. The van der Waals surface area contributed by atoms with Crippen LogP contribution in [0.25, 0.3) is 11.2 Å². The number of fused-ring (bicyclic) bond motifs is 1. The van der Waals surface area contributed by atoms with Crippen LogP contribution in [0.5, 0.6) is 5.88 Å². The fourth-order valence-corrected chi connectivity index (χ4v) is 1.94. The van der Waals surface area contributed by atoms with E-state index in [0.29, 0.717) is 23.7 Å². The summed E-state index contributed by atoms with van der Waals surface area (Å²) in [6.07, 6.45) is 1.66. The minimum Gasteiger partial charge on any atom is -0.471 e. The van der Waals surface area contributed by atoms with Gasteiger partial charge in [-0.2, -0.15) is 9.97 Å². The first kappa shape index (κ1) is 11.9. The summed E-state index contributed by atoms with van der Waals surface area (Å²) in [6.45, 7) is 0.417.